The first-order valence-electron chi connectivity index (χ1n) is 10.7. The van der Waals surface area contributed by atoms with Crippen molar-refractivity contribution in [3.8, 4) is 0 Å². The zero-order chi connectivity index (χ0) is 21.1. The lowest BCUT2D eigenvalue weighted by atomic mass is 10.2. The third-order valence-electron chi connectivity index (χ3n) is 5.39. The van der Waals surface area contributed by atoms with E-state index in [1.165, 1.54) is 22.2 Å². The Bertz CT molecular complexity index is 1070. The molecule has 0 N–H and O–H groups in total. The van der Waals surface area contributed by atoms with E-state index in [1.54, 1.807) is 18.4 Å². The van der Waals surface area contributed by atoms with Gasteiger partial charge < -0.3 is 9.26 Å². The van der Waals surface area contributed by atoms with Crippen LogP contribution in [0, 0.1) is 0 Å². The van der Waals surface area contributed by atoms with Gasteiger partial charge in [-0.15, -0.1) is 11.3 Å². The SMILES string of the molecule is CCCCc1noc(C(C)Sc2nc3sc4c(c3c(=O)n2CCCOC)CCC4)n1. The molecular formula is C21H28N4O3S2. The number of hydrogen-bond acceptors (Lipinski definition) is 8. The summed E-state index contributed by atoms with van der Waals surface area (Å²) in [6.45, 7) is 5.35. The van der Waals surface area contributed by atoms with Crippen LogP contribution in [-0.4, -0.2) is 33.4 Å². The van der Waals surface area contributed by atoms with Gasteiger partial charge in [0.25, 0.3) is 5.56 Å². The lowest BCUT2D eigenvalue weighted by molar-refractivity contribution is 0.189. The number of aryl methyl sites for hydroxylation is 3. The predicted molar refractivity (Wildman–Crippen MR) is 120 cm³/mol. The first-order valence-corrected chi connectivity index (χ1v) is 12.3. The number of rotatable bonds is 10. The van der Waals surface area contributed by atoms with Crippen LogP contribution in [0.1, 0.15) is 66.9 Å². The Morgan fingerprint density at radius 2 is 2.17 bits per heavy atom. The van der Waals surface area contributed by atoms with Crippen LogP contribution in [0.15, 0.2) is 14.5 Å². The molecule has 3 aromatic rings. The van der Waals surface area contributed by atoms with E-state index in [2.05, 4.69) is 17.1 Å². The van der Waals surface area contributed by atoms with Crippen molar-refractivity contribution in [1.29, 1.82) is 0 Å². The van der Waals surface area contributed by atoms with Crippen molar-refractivity contribution in [2.24, 2.45) is 0 Å². The van der Waals surface area contributed by atoms with Crippen molar-refractivity contribution < 1.29 is 9.26 Å². The Morgan fingerprint density at radius 1 is 1.30 bits per heavy atom. The molecule has 0 aliphatic heterocycles. The van der Waals surface area contributed by atoms with Crippen LogP contribution in [0.2, 0.25) is 0 Å². The second-order valence-corrected chi connectivity index (χ2v) is 10.0. The fraction of sp³-hybridized carbons (Fsp3) is 0.619. The Hall–Kier alpha value is -1.71. The molecule has 9 heteroatoms. The van der Waals surface area contributed by atoms with Gasteiger partial charge >= 0.3 is 0 Å². The summed E-state index contributed by atoms with van der Waals surface area (Å²) in [5, 5.41) is 5.55. The molecule has 7 nitrogen and oxygen atoms in total. The van der Waals surface area contributed by atoms with Gasteiger partial charge in [0.1, 0.15) is 4.83 Å². The van der Waals surface area contributed by atoms with Gasteiger partial charge in [-0.1, -0.05) is 30.3 Å². The van der Waals surface area contributed by atoms with Gasteiger partial charge in [-0.2, -0.15) is 4.98 Å². The lowest BCUT2D eigenvalue weighted by Gasteiger charge is -2.14. The molecule has 1 unspecified atom stereocenters. The molecule has 0 aromatic carbocycles. The van der Waals surface area contributed by atoms with E-state index in [4.69, 9.17) is 14.2 Å². The predicted octanol–water partition coefficient (Wildman–Crippen LogP) is 4.56. The van der Waals surface area contributed by atoms with E-state index >= 15 is 0 Å². The van der Waals surface area contributed by atoms with E-state index in [9.17, 15) is 4.79 Å². The summed E-state index contributed by atoms with van der Waals surface area (Å²) in [7, 11) is 1.68. The van der Waals surface area contributed by atoms with Crippen LogP contribution in [0.3, 0.4) is 0 Å². The maximum atomic E-state index is 13.4. The molecule has 0 amide bonds. The highest BCUT2D eigenvalue weighted by molar-refractivity contribution is 7.99. The molecule has 0 saturated carbocycles. The van der Waals surface area contributed by atoms with E-state index < -0.39 is 0 Å². The second-order valence-electron chi connectivity index (χ2n) is 7.65. The number of hydrogen-bond donors (Lipinski definition) is 0. The summed E-state index contributed by atoms with van der Waals surface area (Å²) in [5.41, 5.74) is 1.29. The molecule has 1 aliphatic rings. The average Bonchev–Trinajstić information content (AvgIpc) is 3.44. The number of unbranched alkanes of at least 4 members (excludes halogenated alkanes) is 1. The van der Waals surface area contributed by atoms with Crippen molar-refractivity contribution >= 4 is 33.3 Å². The summed E-state index contributed by atoms with van der Waals surface area (Å²) < 4.78 is 12.5. The molecule has 3 heterocycles. The highest BCUT2D eigenvalue weighted by atomic mass is 32.2. The quantitative estimate of drug-likeness (QED) is 0.255. The summed E-state index contributed by atoms with van der Waals surface area (Å²) in [6, 6.07) is 0. The standard InChI is InChI=1S/C21H28N4O3S2/c1-4-5-10-16-22-18(28-24-16)13(2)29-21-23-19-17(14-8-6-9-15(14)30-19)20(26)25(21)11-7-12-27-3/h13H,4-12H2,1-3H3. The smallest absolute Gasteiger partial charge is 0.263 e. The number of methoxy groups -OCH3 is 1. The fourth-order valence-electron chi connectivity index (χ4n) is 3.79. The number of fused-ring (bicyclic) bond motifs is 3. The summed E-state index contributed by atoms with van der Waals surface area (Å²) >= 11 is 3.18. The molecular weight excluding hydrogens is 420 g/mol. The van der Waals surface area contributed by atoms with E-state index in [-0.39, 0.29) is 10.8 Å². The number of thioether (sulfide) groups is 1. The first kappa shape index (κ1) is 21.5. The lowest BCUT2D eigenvalue weighted by Crippen LogP contribution is -2.24. The third kappa shape index (κ3) is 4.33. The Labute approximate surface area is 184 Å². The monoisotopic (exact) mass is 448 g/mol. The van der Waals surface area contributed by atoms with Crippen molar-refractivity contribution in [2.45, 2.75) is 75.7 Å². The van der Waals surface area contributed by atoms with Gasteiger partial charge in [0, 0.05) is 31.6 Å². The molecule has 4 rings (SSSR count). The fourth-order valence-corrected chi connectivity index (χ4v) is 6.06. The summed E-state index contributed by atoms with van der Waals surface area (Å²) in [4.78, 5) is 25.1. The summed E-state index contributed by atoms with van der Waals surface area (Å²) in [6.07, 6.45) is 6.89. The molecule has 0 spiro atoms. The second kappa shape index (κ2) is 9.62. The van der Waals surface area contributed by atoms with Crippen LogP contribution < -0.4 is 5.56 Å². The van der Waals surface area contributed by atoms with Gasteiger partial charge in [0.05, 0.1) is 10.6 Å². The maximum absolute atomic E-state index is 13.4. The van der Waals surface area contributed by atoms with Crippen LogP contribution in [0.5, 0.6) is 0 Å². The van der Waals surface area contributed by atoms with Crippen molar-refractivity contribution in [2.75, 3.05) is 13.7 Å². The minimum Gasteiger partial charge on any atom is -0.385 e. The van der Waals surface area contributed by atoms with Crippen LogP contribution in [0.4, 0.5) is 0 Å². The Kier molecular flexibility index (Phi) is 6.90. The van der Waals surface area contributed by atoms with Gasteiger partial charge in [0.2, 0.25) is 5.89 Å². The highest BCUT2D eigenvalue weighted by Crippen LogP contribution is 2.38. The normalized spacial score (nSPS) is 14.5. The average molecular weight is 449 g/mol. The molecule has 0 fully saturated rings. The molecule has 1 aliphatic carbocycles. The van der Waals surface area contributed by atoms with Crippen molar-refractivity contribution in [1.82, 2.24) is 19.7 Å². The third-order valence-corrected chi connectivity index (χ3v) is 7.65. The van der Waals surface area contributed by atoms with Gasteiger partial charge in [-0.05, 0) is 44.6 Å². The molecule has 1 atom stereocenters. The van der Waals surface area contributed by atoms with Gasteiger partial charge in [-0.3, -0.25) is 9.36 Å². The number of ether oxygens (including phenoxy) is 1. The molecule has 30 heavy (non-hydrogen) atoms. The van der Waals surface area contributed by atoms with Crippen molar-refractivity contribution in [3.05, 3.63) is 32.5 Å². The van der Waals surface area contributed by atoms with E-state index in [0.717, 1.165) is 61.0 Å². The first-order chi connectivity index (χ1) is 14.6. The molecule has 0 radical (unpaired) electrons. The minimum atomic E-state index is -0.0855. The molecule has 0 saturated heterocycles. The van der Waals surface area contributed by atoms with Gasteiger partial charge in [-0.25, -0.2) is 4.98 Å². The Morgan fingerprint density at radius 3 is 2.97 bits per heavy atom. The minimum absolute atomic E-state index is 0.0689. The Balaban J connectivity index is 1.65. The number of thiophene rings is 1. The molecule has 0 bridgehead atoms. The van der Waals surface area contributed by atoms with Crippen LogP contribution in [-0.2, 0) is 30.5 Å². The van der Waals surface area contributed by atoms with Gasteiger partial charge in [0.15, 0.2) is 11.0 Å². The number of nitrogens with zero attached hydrogens (tertiary/aromatic N) is 4. The number of aromatic nitrogens is 4. The van der Waals surface area contributed by atoms with Crippen molar-refractivity contribution in [3.63, 3.8) is 0 Å². The van der Waals surface area contributed by atoms with E-state index in [1.807, 2.05) is 11.5 Å². The summed E-state index contributed by atoms with van der Waals surface area (Å²) in [5.74, 6) is 1.33. The highest BCUT2D eigenvalue weighted by Gasteiger charge is 2.25. The van der Waals surface area contributed by atoms with Crippen LogP contribution >= 0.6 is 23.1 Å². The zero-order valence-electron chi connectivity index (χ0n) is 17.8. The topological polar surface area (TPSA) is 83.0 Å². The van der Waals surface area contributed by atoms with E-state index in [0.29, 0.717) is 24.2 Å². The largest absolute Gasteiger partial charge is 0.385 e. The molecule has 162 valence electrons. The van der Waals surface area contributed by atoms with Crippen LogP contribution in [0.25, 0.3) is 10.2 Å². The molecule has 3 aromatic heterocycles. The zero-order valence-corrected chi connectivity index (χ0v) is 19.4. The maximum Gasteiger partial charge on any atom is 0.263 e.